The summed E-state index contributed by atoms with van der Waals surface area (Å²) in [5.41, 5.74) is 1.21. The molecule has 1 atom stereocenters. The van der Waals surface area contributed by atoms with Gasteiger partial charge in [0, 0.05) is 6.54 Å². The number of carboxylic acids is 1. The van der Waals surface area contributed by atoms with E-state index in [2.05, 4.69) is 32.9 Å². The zero-order valence-corrected chi connectivity index (χ0v) is 13.6. The first kappa shape index (κ1) is 16.6. The first-order valence-electron chi connectivity index (χ1n) is 7.89. The number of hydrogen-bond donors (Lipinski definition) is 1. The molecule has 22 heavy (non-hydrogen) atoms. The highest BCUT2D eigenvalue weighted by Crippen LogP contribution is 2.36. The molecule has 0 aromatic carbocycles. The molecule has 0 aromatic heterocycles. The highest BCUT2D eigenvalue weighted by molar-refractivity contribution is 6.31. The molecule has 0 radical (unpaired) electrons. The number of aliphatic carboxylic acids is 1. The van der Waals surface area contributed by atoms with E-state index in [-0.39, 0.29) is 11.5 Å². The van der Waals surface area contributed by atoms with Gasteiger partial charge in [0.25, 0.3) is 0 Å². The predicted molar refractivity (Wildman–Crippen MR) is 83.2 cm³/mol. The molecule has 1 fully saturated rings. The van der Waals surface area contributed by atoms with Crippen molar-refractivity contribution in [3.05, 3.63) is 23.5 Å². The van der Waals surface area contributed by atoms with E-state index in [0.717, 1.165) is 31.4 Å². The monoisotopic (exact) mass is 307 g/mol. The molecule has 1 aliphatic carbocycles. The minimum Gasteiger partial charge on any atom is -0.489 e. The molecule has 5 nitrogen and oxygen atoms in total. The van der Waals surface area contributed by atoms with Gasteiger partial charge in [-0.25, -0.2) is 4.79 Å². The van der Waals surface area contributed by atoms with Gasteiger partial charge in [0.15, 0.2) is 0 Å². The second-order valence-electron chi connectivity index (χ2n) is 6.95. The second-order valence-corrected chi connectivity index (χ2v) is 6.95. The Bertz CT molecular complexity index is 513. The molecule has 5 heteroatoms. The predicted octanol–water partition coefficient (Wildman–Crippen LogP) is 2.73. The van der Waals surface area contributed by atoms with Crippen LogP contribution in [0.25, 0.3) is 0 Å². The van der Waals surface area contributed by atoms with Gasteiger partial charge in [0.05, 0.1) is 6.54 Å². The number of likely N-dealkylation sites (tertiary alicyclic amines) is 1. The summed E-state index contributed by atoms with van der Waals surface area (Å²) in [6, 6.07) is 0. The van der Waals surface area contributed by atoms with Gasteiger partial charge in [-0.05, 0) is 42.7 Å². The van der Waals surface area contributed by atoms with Crippen molar-refractivity contribution < 1.29 is 19.4 Å². The van der Waals surface area contributed by atoms with Gasteiger partial charge in [-0.15, -0.1) is 0 Å². The number of nitrogens with zero attached hydrogens (tertiary/aromatic N) is 1. The number of amides is 1. The van der Waals surface area contributed by atoms with Crippen LogP contribution in [0.3, 0.4) is 0 Å². The van der Waals surface area contributed by atoms with Crippen molar-refractivity contribution in [2.24, 2.45) is 5.41 Å². The molecule has 0 spiro atoms. The second kappa shape index (κ2) is 6.55. The number of rotatable bonds is 2. The molecule has 0 saturated carbocycles. The summed E-state index contributed by atoms with van der Waals surface area (Å²) >= 11 is 0. The standard InChI is InChI=1S/C17H25NO4/c1-17(2,3)13-8-4-5-9-14(13)22-12-7-6-10-18(11-12)15(19)16(20)21/h8-9,12H,4-7,10-11H2,1-3H3,(H,20,21). The first-order chi connectivity index (χ1) is 10.3. The third-order valence-electron chi connectivity index (χ3n) is 4.06. The van der Waals surface area contributed by atoms with Crippen LogP contribution in [0.2, 0.25) is 0 Å². The third kappa shape index (κ3) is 3.90. The Kier molecular flexibility index (Phi) is 4.94. The molecule has 0 bridgehead atoms. The van der Waals surface area contributed by atoms with Gasteiger partial charge in [-0.3, -0.25) is 4.79 Å². The van der Waals surface area contributed by atoms with E-state index in [9.17, 15) is 9.59 Å². The number of allylic oxidation sites excluding steroid dienone is 3. The largest absolute Gasteiger partial charge is 0.489 e. The summed E-state index contributed by atoms with van der Waals surface area (Å²) in [7, 11) is 0. The Hall–Kier alpha value is -1.78. The van der Waals surface area contributed by atoms with E-state index in [4.69, 9.17) is 9.84 Å². The van der Waals surface area contributed by atoms with Gasteiger partial charge in [-0.2, -0.15) is 0 Å². The molecular formula is C17H25NO4. The molecule has 2 rings (SSSR count). The van der Waals surface area contributed by atoms with Crippen LogP contribution in [0.15, 0.2) is 23.5 Å². The van der Waals surface area contributed by atoms with Crippen molar-refractivity contribution in [3.8, 4) is 0 Å². The maximum Gasteiger partial charge on any atom is 0.394 e. The maximum atomic E-state index is 11.6. The zero-order valence-electron chi connectivity index (χ0n) is 13.6. The molecule has 1 unspecified atom stereocenters. The van der Waals surface area contributed by atoms with Gasteiger partial charge in [0.1, 0.15) is 11.9 Å². The fraction of sp³-hybridized carbons (Fsp3) is 0.647. The van der Waals surface area contributed by atoms with E-state index in [1.165, 1.54) is 10.5 Å². The van der Waals surface area contributed by atoms with Gasteiger partial charge >= 0.3 is 11.9 Å². The lowest BCUT2D eigenvalue weighted by molar-refractivity contribution is -0.157. The van der Waals surface area contributed by atoms with Gasteiger partial charge in [-0.1, -0.05) is 26.8 Å². The van der Waals surface area contributed by atoms with Crippen LogP contribution in [0.4, 0.5) is 0 Å². The highest BCUT2D eigenvalue weighted by atomic mass is 16.5. The van der Waals surface area contributed by atoms with Crippen LogP contribution in [0, 0.1) is 5.41 Å². The molecule has 1 saturated heterocycles. The Morgan fingerprint density at radius 3 is 2.59 bits per heavy atom. The minimum atomic E-state index is -1.40. The molecule has 1 aliphatic heterocycles. The first-order valence-corrected chi connectivity index (χ1v) is 7.89. The van der Waals surface area contributed by atoms with Crippen LogP contribution >= 0.6 is 0 Å². The molecule has 1 amide bonds. The van der Waals surface area contributed by atoms with Crippen molar-refractivity contribution in [3.63, 3.8) is 0 Å². The average molecular weight is 307 g/mol. The lowest BCUT2D eigenvalue weighted by atomic mass is 9.82. The van der Waals surface area contributed by atoms with E-state index >= 15 is 0 Å². The van der Waals surface area contributed by atoms with Crippen molar-refractivity contribution in [1.29, 1.82) is 0 Å². The Morgan fingerprint density at radius 2 is 1.95 bits per heavy atom. The topological polar surface area (TPSA) is 66.8 Å². The normalized spacial score (nSPS) is 22.7. The lowest BCUT2D eigenvalue weighted by Crippen LogP contribution is -2.46. The maximum absolute atomic E-state index is 11.6. The third-order valence-corrected chi connectivity index (χ3v) is 4.06. The number of carbonyl (C=O) groups is 2. The van der Waals surface area contributed by atoms with Crippen LogP contribution in [0.1, 0.15) is 46.5 Å². The Labute approximate surface area is 131 Å². The summed E-state index contributed by atoms with van der Waals surface area (Å²) in [6.45, 7) is 7.30. The van der Waals surface area contributed by atoms with E-state index in [0.29, 0.717) is 13.1 Å². The molecular weight excluding hydrogens is 282 g/mol. The summed E-state index contributed by atoms with van der Waals surface area (Å²) in [5.74, 6) is -1.33. The van der Waals surface area contributed by atoms with Crippen LogP contribution in [-0.2, 0) is 14.3 Å². The summed E-state index contributed by atoms with van der Waals surface area (Å²) in [4.78, 5) is 23.8. The smallest absolute Gasteiger partial charge is 0.394 e. The minimum absolute atomic E-state index is 0.0114. The van der Waals surface area contributed by atoms with Crippen LogP contribution in [-0.4, -0.2) is 41.1 Å². The SMILES string of the molecule is CC(C)(C)C1=CCCC=C1OC1CCCN(C(=O)C(=O)O)C1. The fourth-order valence-corrected chi connectivity index (χ4v) is 2.97. The lowest BCUT2D eigenvalue weighted by Gasteiger charge is -2.35. The number of hydrogen-bond acceptors (Lipinski definition) is 3. The highest BCUT2D eigenvalue weighted by Gasteiger charge is 2.31. The summed E-state index contributed by atoms with van der Waals surface area (Å²) in [5, 5.41) is 8.84. The van der Waals surface area contributed by atoms with E-state index in [1.807, 2.05) is 0 Å². The van der Waals surface area contributed by atoms with E-state index < -0.39 is 11.9 Å². The number of ether oxygens (including phenoxy) is 1. The summed E-state index contributed by atoms with van der Waals surface area (Å²) < 4.78 is 6.14. The number of carbonyl (C=O) groups excluding carboxylic acids is 1. The molecule has 1 heterocycles. The van der Waals surface area contributed by atoms with Gasteiger partial charge < -0.3 is 14.7 Å². The Balaban J connectivity index is 2.04. The number of carboxylic acid groups (broad SMARTS) is 1. The van der Waals surface area contributed by atoms with Crippen molar-refractivity contribution in [2.75, 3.05) is 13.1 Å². The number of piperidine rings is 1. The quantitative estimate of drug-likeness (QED) is 0.797. The molecule has 1 N–H and O–H groups in total. The summed E-state index contributed by atoms with van der Waals surface area (Å²) in [6.07, 6.45) is 7.79. The zero-order chi connectivity index (χ0) is 16.3. The fourth-order valence-electron chi connectivity index (χ4n) is 2.97. The van der Waals surface area contributed by atoms with Crippen LogP contribution in [0.5, 0.6) is 0 Å². The van der Waals surface area contributed by atoms with Crippen LogP contribution < -0.4 is 0 Å². The Morgan fingerprint density at radius 1 is 1.27 bits per heavy atom. The van der Waals surface area contributed by atoms with Crippen molar-refractivity contribution in [2.45, 2.75) is 52.6 Å². The molecule has 122 valence electrons. The average Bonchev–Trinajstić information content (AvgIpc) is 2.46. The van der Waals surface area contributed by atoms with E-state index in [1.54, 1.807) is 0 Å². The van der Waals surface area contributed by atoms with Gasteiger partial charge in [0.2, 0.25) is 0 Å². The van der Waals surface area contributed by atoms with Crippen molar-refractivity contribution >= 4 is 11.9 Å². The molecule has 2 aliphatic rings. The van der Waals surface area contributed by atoms with Crippen molar-refractivity contribution in [1.82, 2.24) is 4.90 Å². The molecule has 0 aromatic rings.